The van der Waals surface area contributed by atoms with Crippen molar-refractivity contribution in [3.63, 3.8) is 0 Å². The Morgan fingerprint density at radius 2 is 2.00 bits per heavy atom. The summed E-state index contributed by atoms with van der Waals surface area (Å²) in [6.07, 6.45) is 0. The van der Waals surface area contributed by atoms with Crippen molar-refractivity contribution in [1.29, 1.82) is 0 Å². The van der Waals surface area contributed by atoms with Crippen molar-refractivity contribution in [2.24, 2.45) is 0 Å². The van der Waals surface area contributed by atoms with Gasteiger partial charge in [0.1, 0.15) is 0 Å². The first-order valence-electron chi connectivity index (χ1n) is 7.93. The average Bonchev–Trinajstić information content (AvgIpc) is 3.03. The fourth-order valence-electron chi connectivity index (χ4n) is 2.10. The number of methoxy groups -OCH3 is 1. The zero-order valence-electron chi connectivity index (χ0n) is 14.5. The highest BCUT2D eigenvalue weighted by Crippen LogP contribution is 2.24. The summed E-state index contributed by atoms with van der Waals surface area (Å²) in [7, 11) is 1.53. The highest BCUT2D eigenvalue weighted by Gasteiger charge is 2.15. The number of aromatic nitrogens is 3. The fourth-order valence-corrected chi connectivity index (χ4v) is 3.02. The van der Waals surface area contributed by atoms with E-state index in [2.05, 4.69) is 20.8 Å². The van der Waals surface area contributed by atoms with Crippen LogP contribution in [0.25, 0.3) is 11.4 Å². The highest BCUT2D eigenvalue weighted by molar-refractivity contribution is 7.99. The standard InChI is InChI=1S/C16H20ClN5O3S/c1-3-22-14(11-4-6-12(17)7-5-11)20-21-16(22)26-10-13(23)19-15(24)18-8-9-25-2/h4-7H,3,8-10H2,1-2H3,(H2,18,19,23,24). The number of nitrogens with zero attached hydrogens (tertiary/aromatic N) is 3. The molecule has 140 valence electrons. The molecule has 8 nitrogen and oxygen atoms in total. The number of hydrogen-bond donors (Lipinski definition) is 2. The van der Waals surface area contributed by atoms with Crippen LogP contribution in [0.2, 0.25) is 5.02 Å². The Labute approximate surface area is 160 Å². The molecule has 0 radical (unpaired) electrons. The molecule has 0 fully saturated rings. The molecule has 0 aliphatic rings. The Kier molecular flexibility index (Phi) is 7.89. The predicted octanol–water partition coefficient (Wildman–Crippen LogP) is 2.18. The number of imide groups is 1. The van der Waals surface area contributed by atoms with Crippen LogP contribution in [0, 0.1) is 0 Å². The lowest BCUT2D eigenvalue weighted by molar-refractivity contribution is -0.117. The second-order valence-corrected chi connectivity index (χ2v) is 6.52. The quantitative estimate of drug-likeness (QED) is 0.523. The number of amides is 3. The third-order valence-electron chi connectivity index (χ3n) is 3.31. The van der Waals surface area contributed by atoms with Crippen LogP contribution in [0.15, 0.2) is 29.4 Å². The Morgan fingerprint density at radius 3 is 2.65 bits per heavy atom. The smallest absolute Gasteiger partial charge is 0.321 e. The average molecular weight is 398 g/mol. The summed E-state index contributed by atoms with van der Waals surface area (Å²) in [5.41, 5.74) is 0.887. The van der Waals surface area contributed by atoms with Gasteiger partial charge in [-0.25, -0.2) is 4.79 Å². The SMILES string of the molecule is CCn1c(SCC(=O)NC(=O)NCCOC)nnc1-c1ccc(Cl)cc1. The first-order chi connectivity index (χ1) is 12.5. The van der Waals surface area contributed by atoms with Crippen LogP contribution in [0.4, 0.5) is 4.79 Å². The number of thioether (sulfide) groups is 1. The van der Waals surface area contributed by atoms with Crippen LogP contribution in [0.5, 0.6) is 0 Å². The molecule has 1 aromatic carbocycles. The monoisotopic (exact) mass is 397 g/mol. The summed E-state index contributed by atoms with van der Waals surface area (Å²) in [5, 5.41) is 14.4. The highest BCUT2D eigenvalue weighted by atomic mass is 35.5. The van der Waals surface area contributed by atoms with Gasteiger partial charge in [0.25, 0.3) is 0 Å². The summed E-state index contributed by atoms with van der Waals surface area (Å²) in [5.74, 6) is 0.337. The van der Waals surface area contributed by atoms with Gasteiger partial charge in [0.05, 0.1) is 12.4 Å². The van der Waals surface area contributed by atoms with Gasteiger partial charge in [0.2, 0.25) is 5.91 Å². The van der Waals surface area contributed by atoms with Crippen molar-refractivity contribution in [1.82, 2.24) is 25.4 Å². The first kappa shape index (κ1) is 20.2. The lowest BCUT2D eigenvalue weighted by atomic mass is 10.2. The molecule has 0 spiro atoms. The van der Waals surface area contributed by atoms with E-state index in [1.165, 1.54) is 18.9 Å². The number of urea groups is 1. The normalized spacial score (nSPS) is 10.6. The van der Waals surface area contributed by atoms with E-state index < -0.39 is 11.9 Å². The van der Waals surface area contributed by atoms with E-state index in [4.69, 9.17) is 16.3 Å². The minimum atomic E-state index is -0.550. The van der Waals surface area contributed by atoms with E-state index in [1.807, 2.05) is 23.6 Å². The number of hydrogen-bond acceptors (Lipinski definition) is 6. The third kappa shape index (κ3) is 5.72. The summed E-state index contributed by atoms with van der Waals surface area (Å²) >= 11 is 7.13. The molecule has 0 bridgehead atoms. The van der Waals surface area contributed by atoms with Crippen LogP contribution in [-0.2, 0) is 16.1 Å². The number of nitrogens with one attached hydrogen (secondary N) is 2. The molecular weight excluding hydrogens is 378 g/mol. The van der Waals surface area contributed by atoms with E-state index >= 15 is 0 Å². The van der Waals surface area contributed by atoms with E-state index in [0.717, 1.165) is 5.56 Å². The van der Waals surface area contributed by atoms with Gasteiger partial charge in [-0.3, -0.25) is 10.1 Å². The molecule has 0 saturated carbocycles. The minimum absolute atomic E-state index is 0.0520. The maximum Gasteiger partial charge on any atom is 0.321 e. The number of benzene rings is 1. The third-order valence-corrected chi connectivity index (χ3v) is 4.53. The Morgan fingerprint density at radius 1 is 1.27 bits per heavy atom. The van der Waals surface area contributed by atoms with Gasteiger partial charge >= 0.3 is 6.03 Å². The second kappa shape index (κ2) is 10.1. The number of rotatable bonds is 8. The molecule has 10 heteroatoms. The molecule has 0 unspecified atom stereocenters. The number of halogens is 1. The molecular formula is C16H20ClN5O3S. The Balaban J connectivity index is 1.94. The maximum atomic E-state index is 11.9. The molecule has 0 aliphatic carbocycles. The molecule has 1 aromatic heterocycles. The van der Waals surface area contributed by atoms with Crippen LogP contribution in [0.3, 0.4) is 0 Å². The molecule has 2 aromatic rings. The zero-order chi connectivity index (χ0) is 18.9. The fraction of sp³-hybridized carbons (Fsp3) is 0.375. The predicted molar refractivity (Wildman–Crippen MR) is 100 cm³/mol. The molecule has 0 aliphatic heterocycles. The van der Waals surface area contributed by atoms with Gasteiger partial charge < -0.3 is 14.6 Å². The Bertz CT molecular complexity index is 751. The molecule has 1 heterocycles. The largest absolute Gasteiger partial charge is 0.383 e. The zero-order valence-corrected chi connectivity index (χ0v) is 16.1. The lowest BCUT2D eigenvalue weighted by Crippen LogP contribution is -2.41. The minimum Gasteiger partial charge on any atom is -0.383 e. The summed E-state index contributed by atoms with van der Waals surface area (Å²) in [6.45, 7) is 3.32. The summed E-state index contributed by atoms with van der Waals surface area (Å²) in [6, 6.07) is 6.75. The van der Waals surface area contributed by atoms with Gasteiger partial charge in [0.15, 0.2) is 11.0 Å². The van der Waals surface area contributed by atoms with Gasteiger partial charge in [-0.1, -0.05) is 23.4 Å². The van der Waals surface area contributed by atoms with E-state index in [1.54, 1.807) is 12.1 Å². The second-order valence-electron chi connectivity index (χ2n) is 5.14. The van der Waals surface area contributed by atoms with Gasteiger partial charge in [0, 0.05) is 30.8 Å². The maximum absolute atomic E-state index is 11.9. The van der Waals surface area contributed by atoms with Crippen molar-refractivity contribution in [3.8, 4) is 11.4 Å². The first-order valence-corrected chi connectivity index (χ1v) is 9.30. The lowest BCUT2D eigenvalue weighted by Gasteiger charge is -2.08. The Hall–Kier alpha value is -2.10. The number of carbonyl (C=O) groups is 2. The topological polar surface area (TPSA) is 98.1 Å². The summed E-state index contributed by atoms with van der Waals surface area (Å²) < 4.78 is 6.72. The van der Waals surface area contributed by atoms with Gasteiger partial charge in [-0.05, 0) is 31.2 Å². The van der Waals surface area contributed by atoms with Crippen molar-refractivity contribution in [2.75, 3.05) is 26.0 Å². The molecule has 0 saturated heterocycles. The number of carbonyl (C=O) groups excluding carboxylic acids is 2. The van der Waals surface area contributed by atoms with Crippen LogP contribution in [-0.4, -0.2) is 52.7 Å². The molecule has 26 heavy (non-hydrogen) atoms. The van der Waals surface area contributed by atoms with E-state index in [9.17, 15) is 9.59 Å². The van der Waals surface area contributed by atoms with Gasteiger partial charge in [-0.2, -0.15) is 0 Å². The van der Waals surface area contributed by atoms with Crippen LogP contribution in [0.1, 0.15) is 6.92 Å². The van der Waals surface area contributed by atoms with Crippen molar-refractivity contribution < 1.29 is 14.3 Å². The molecule has 0 atom stereocenters. The molecule has 2 N–H and O–H groups in total. The molecule has 3 amide bonds. The van der Waals surface area contributed by atoms with Crippen LogP contribution < -0.4 is 10.6 Å². The molecule has 2 rings (SSSR count). The van der Waals surface area contributed by atoms with E-state index in [0.29, 0.717) is 35.7 Å². The van der Waals surface area contributed by atoms with Crippen molar-refractivity contribution >= 4 is 35.3 Å². The van der Waals surface area contributed by atoms with Gasteiger partial charge in [-0.15, -0.1) is 10.2 Å². The summed E-state index contributed by atoms with van der Waals surface area (Å²) in [4.78, 5) is 23.4. The van der Waals surface area contributed by atoms with E-state index in [-0.39, 0.29) is 5.75 Å². The van der Waals surface area contributed by atoms with Crippen molar-refractivity contribution in [2.45, 2.75) is 18.6 Å². The van der Waals surface area contributed by atoms with Crippen molar-refractivity contribution in [3.05, 3.63) is 29.3 Å². The van der Waals surface area contributed by atoms with Crippen LogP contribution >= 0.6 is 23.4 Å². The number of ether oxygens (including phenoxy) is 1.